The minimum atomic E-state index is -3.54. The van der Waals surface area contributed by atoms with Crippen LogP contribution >= 0.6 is 0 Å². The van der Waals surface area contributed by atoms with Gasteiger partial charge in [0, 0.05) is 25.2 Å². The van der Waals surface area contributed by atoms with E-state index in [2.05, 4.69) is 5.32 Å². The van der Waals surface area contributed by atoms with Gasteiger partial charge in [-0.3, -0.25) is 4.79 Å². The fourth-order valence-corrected chi connectivity index (χ4v) is 4.85. The summed E-state index contributed by atoms with van der Waals surface area (Å²) in [5, 5.41) is 2.86. The standard InChI is InChI=1S/C20H24N2O3S/c1-15-5-8-17(9-6-15)14-21-20(23)18-10-7-16(2)19(13-18)26(24,25)22-11-3-4-12-22/h5-10,13H,3-4,11-12,14H2,1-2H3,(H,21,23). The third-order valence-electron chi connectivity index (χ3n) is 4.71. The van der Waals surface area contributed by atoms with E-state index in [1.54, 1.807) is 19.1 Å². The maximum Gasteiger partial charge on any atom is 0.251 e. The van der Waals surface area contributed by atoms with Gasteiger partial charge in [0.25, 0.3) is 5.91 Å². The van der Waals surface area contributed by atoms with Crippen molar-refractivity contribution in [1.29, 1.82) is 0 Å². The molecule has 1 aliphatic rings. The van der Waals surface area contributed by atoms with E-state index < -0.39 is 10.0 Å². The number of nitrogens with one attached hydrogen (secondary N) is 1. The van der Waals surface area contributed by atoms with Crippen LogP contribution < -0.4 is 5.32 Å². The Morgan fingerprint density at radius 1 is 1.04 bits per heavy atom. The quantitative estimate of drug-likeness (QED) is 0.877. The lowest BCUT2D eigenvalue weighted by atomic mass is 10.1. The van der Waals surface area contributed by atoms with E-state index in [0.717, 1.165) is 24.0 Å². The minimum absolute atomic E-state index is 0.224. The molecule has 6 heteroatoms. The van der Waals surface area contributed by atoms with Crippen molar-refractivity contribution >= 4 is 15.9 Å². The van der Waals surface area contributed by atoms with Crippen LogP contribution in [0.5, 0.6) is 0 Å². The number of amides is 1. The first-order valence-corrected chi connectivity index (χ1v) is 10.3. The highest BCUT2D eigenvalue weighted by Crippen LogP contribution is 2.24. The van der Waals surface area contributed by atoms with Crippen molar-refractivity contribution in [2.75, 3.05) is 13.1 Å². The Morgan fingerprint density at radius 3 is 2.35 bits per heavy atom. The topological polar surface area (TPSA) is 66.5 Å². The second-order valence-electron chi connectivity index (χ2n) is 6.76. The maximum atomic E-state index is 12.8. The van der Waals surface area contributed by atoms with Crippen LogP contribution in [0.1, 0.15) is 39.9 Å². The summed E-state index contributed by atoms with van der Waals surface area (Å²) < 4.78 is 27.2. The normalized spacial score (nSPS) is 15.2. The van der Waals surface area contributed by atoms with Gasteiger partial charge < -0.3 is 5.32 Å². The molecule has 0 saturated carbocycles. The van der Waals surface area contributed by atoms with Crippen LogP contribution in [0.3, 0.4) is 0 Å². The summed E-state index contributed by atoms with van der Waals surface area (Å²) in [5.74, 6) is -0.275. The zero-order valence-electron chi connectivity index (χ0n) is 15.2. The van der Waals surface area contributed by atoms with Gasteiger partial charge in [-0.1, -0.05) is 35.9 Å². The van der Waals surface area contributed by atoms with Crippen molar-refractivity contribution in [2.24, 2.45) is 0 Å². The number of rotatable bonds is 5. The third kappa shape index (κ3) is 3.97. The molecule has 1 heterocycles. The molecule has 0 radical (unpaired) electrons. The smallest absolute Gasteiger partial charge is 0.251 e. The summed E-state index contributed by atoms with van der Waals surface area (Å²) in [6.07, 6.45) is 1.77. The Bertz CT molecular complexity index is 899. The molecule has 0 unspecified atom stereocenters. The zero-order chi connectivity index (χ0) is 18.7. The lowest BCUT2D eigenvalue weighted by Gasteiger charge is -2.18. The van der Waals surface area contributed by atoms with Crippen molar-refractivity contribution in [3.8, 4) is 0 Å². The highest BCUT2D eigenvalue weighted by molar-refractivity contribution is 7.89. The van der Waals surface area contributed by atoms with E-state index in [1.807, 2.05) is 31.2 Å². The molecule has 1 aliphatic heterocycles. The first kappa shape index (κ1) is 18.6. The van der Waals surface area contributed by atoms with Crippen LogP contribution in [0.2, 0.25) is 0 Å². The second kappa shape index (κ2) is 7.60. The van der Waals surface area contributed by atoms with Crippen LogP contribution in [0.25, 0.3) is 0 Å². The lowest BCUT2D eigenvalue weighted by molar-refractivity contribution is 0.0950. The van der Waals surface area contributed by atoms with Crippen molar-refractivity contribution in [3.05, 3.63) is 64.7 Å². The molecule has 26 heavy (non-hydrogen) atoms. The predicted molar refractivity (Wildman–Crippen MR) is 102 cm³/mol. The number of hydrogen-bond donors (Lipinski definition) is 1. The van der Waals surface area contributed by atoms with Crippen molar-refractivity contribution in [2.45, 2.75) is 38.1 Å². The Hall–Kier alpha value is -2.18. The van der Waals surface area contributed by atoms with Crippen LogP contribution in [-0.2, 0) is 16.6 Å². The Labute approximate surface area is 155 Å². The zero-order valence-corrected chi connectivity index (χ0v) is 16.0. The second-order valence-corrected chi connectivity index (χ2v) is 8.67. The van der Waals surface area contributed by atoms with E-state index in [1.165, 1.54) is 10.4 Å². The number of benzene rings is 2. The molecular formula is C20H24N2O3S. The van der Waals surface area contributed by atoms with Crippen molar-refractivity contribution in [1.82, 2.24) is 9.62 Å². The molecule has 0 spiro atoms. The summed E-state index contributed by atoms with van der Waals surface area (Å²) in [6, 6.07) is 12.8. The molecule has 0 aliphatic carbocycles. The number of sulfonamides is 1. The summed E-state index contributed by atoms with van der Waals surface area (Å²) in [6.45, 7) is 5.27. The van der Waals surface area contributed by atoms with Gasteiger partial charge in [-0.2, -0.15) is 4.31 Å². The fourth-order valence-electron chi connectivity index (χ4n) is 3.08. The molecule has 1 amide bonds. The average molecular weight is 372 g/mol. The van der Waals surface area contributed by atoms with E-state index in [-0.39, 0.29) is 10.8 Å². The monoisotopic (exact) mass is 372 g/mol. The van der Waals surface area contributed by atoms with E-state index >= 15 is 0 Å². The van der Waals surface area contributed by atoms with Gasteiger partial charge in [-0.25, -0.2) is 8.42 Å². The predicted octanol–water partition coefficient (Wildman–Crippen LogP) is 3.02. The number of hydrogen-bond acceptors (Lipinski definition) is 3. The van der Waals surface area contributed by atoms with Gasteiger partial charge in [-0.15, -0.1) is 0 Å². The molecule has 1 N–H and O–H groups in total. The molecule has 0 aromatic heterocycles. The molecule has 3 rings (SSSR count). The number of aryl methyl sites for hydroxylation is 2. The van der Waals surface area contributed by atoms with Crippen LogP contribution in [-0.4, -0.2) is 31.7 Å². The van der Waals surface area contributed by atoms with Gasteiger partial charge in [0.05, 0.1) is 4.90 Å². The highest BCUT2D eigenvalue weighted by atomic mass is 32.2. The molecule has 0 bridgehead atoms. The Morgan fingerprint density at radius 2 is 1.69 bits per heavy atom. The number of nitrogens with zero attached hydrogens (tertiary/aromatic N) is 1. The summed E-state index contributed by atoms with van der Waals surface area (Å²) in [4.78, 5) is 12.7. The van der Waals surface area contributed by atoms with E-state index in [0.29, 0.717) is 30.8 Å². The molecule has 0 atom stereocenters. The van der Waals surface area contributed by atoms with Crippen LogP contribution in [0.15, 0.2) is 47.4 Å². The fraction of sp³-hybridized carbons (Fsp3) is 0.350. The maximum absolute atomic E-state index is 12.8. The first-order chi connectivity index (χ1) is 12.4. The molecule has 2 aromatic carbocycles. The number of carbonyl (C=O) groups is 1. The van der Waals surface area contributed by atoms with Gasteiger partial charge in [-0.05, 0) is 49.9 Å². The largest absolute Gasteiger partial charge is 0.348 e. The van der Waals surface area contributed by atoms with E-state index in [4.69, 9.17) is 0 Å². The average Bonchev–Trinajstić information content (AvgIpc) is 3.17. The molecule has 5 nitrogen and oxygen atoms in total. The van der Waals surface area contributed by atoms with Gasteiger partial charge in [0.15, 0.2) is 0 Å². The Balaban J connectivity index is 1.78. The van der Waals surface area contributed by atoms with Crippen molar-refractivity contribution < 1.29 is 13.2 Å². The molecule has 138 valence electrons. The Kier molecular flexibility index (Phi) is 5.44. The van der Waals surface area contributed by atoms with Gasteiger partial charge in [0.2, 0.25) is 10.0 Å². The molecule has 2 aromatic rings. The SMILES string of the molecule is Cc1ccc(CNC(=O)c2ccc(C)c(S(=O)(=O)N3CCCC3)c2)cc1. The molecular weight excluding hydrogens is 348 g/mol. The van der Waals surface area contributed by atoms with E-state index in [9.17, 15) is 13.2 Å². The summed E-state index contributed by atoms with van der Waals surface area (Å²) >= 11 is 0. The lowest BCUT2D eigenvalue weighted by Crippen LogP contribution is -2.29. The highest BCUT2D eigenvalue weighted by Gasteiger charge is 2.29. The molecule has 1 fully saturated rings. The first-order valence-electron chi connectivity index (χ1n) is 8.82. The number of carbonyl (C=O) groups excluding carboxylic acids is 1. The summed E-state index contributed by atoms with van der Waals surface area (Å²) in [7, 11) is -3.54. The van der Waals surface area contributed by atoms with Crippen LogP contribution in [0, 0.1) is 13.8 Å². The van der Waals surface area contributed by atoms with Crippen LogP contribution in [0.4, 0.5) is 0 Å². The van der Waals surface area contributed by atoms with Crippen molar-refractivity contribution in [3.63, 3.8) is 0 Å². The third-order valence-corrected chi connectivity index (χ3v) is 6.75. The summed E-state index contributed by atoms with van der Waals surface area (Å²) in [5.41, 5.74) is 3.18. The van der Waals surface area contributed by atoms with Gasteiger partial charge >= 0.3 is 0 Å². The molecule has 1 saturated heterocycles. The van der Waals surface area contributed by atoms with Gasteiger partial charge in [0.1, 0.15) is 0 Å². The minimum Gasteiger partial charge on any atom is -0.348 e.